The number of hydrogen-bond donors (Lipinski definition) is 3. The van der Waals surface area contributed by atoms with Crippen molar-refractivity contribution in [3.63, 3.8) is 0 Å². The normalized spacial score (nSPS) is 52.5. The minimum Gasteiger partial charge on any atom is -0.457 e. The third kappa shape index (κ3) is 4.33. The van der Waals surface area contributed by atoms with Gasteiger partial charge < -0.3 is 34.3 Å². The van der Waals surface area contributed by atoms with Gasteiger partial charge in [-0.25, -0.2) is 0 Å². The van der Waals surface area contributed by atoms with E-state index in [1.165, 1.54) is 18.1 Å². The van der Waals surface area contributed by atoms with Gasteiger partial charge in [-0.2, -0.15) is 0 Å². The number of aliphatic hydroxyl groups excluding tert-OH is 3. The molecule has 3 N–H and O–H groups in total. The summed E-state index contributed by atoms with van der Waals surface area (Å²) in [6.45, 7) is 11.0. The topological polar surface area (TPSA) is 132 Å². The van der Waals surface area contributed by atoms with Gasteiger partial charge in [-0.15, -0.1) is 0 Å². The molecule has 9 heteroatoms. The maximum Gasteiger partial charge on any atom is 0.314 e. The second-order valence-corrected chi connectivity index (χ2v) is 18.8. The maximum atomic E-state index is 13.8. The molecule has 276 valence electrons. The first kappa shape index (κ1) is 34.2. The molecule has 1 aromatic carbocycles. The largest absolute Gasteiger partial charge is 0.457 e. The highest BCUT2D eigenvalue weighted by molar-refractivity contribution is 5.77. The van der Waals surface area contributed by atoms with Crippen LogP contribution >= 0.6 is 0 Å². The van der Waals surface area contributed by atoms with Crippen LogP contribution in [0.1, 0.15) is 97.7 Å². The van der Waals surface area contributed by atoms with Crippen molar-refractivity contribution >= 4 is 11.9 Å². The lowest BCUT2D eigenvalue weighted by molar-refractivity contribution is -0.220. The Balaban J connectivity index is 0.990. The first-order valence-electron chi connectivity index (χ1n) is 19.2. The zero-order chi connectivity index (χ0) is 36.0. The molecule has 3 heterocycles. The van der Waals surface area contributed by atoms with Gasteiger partial charge in [0.2, 0.25) is 5.79 Å². The molecule has 0 amide bonds. The number of allylic oxidation sites excluding steroid dienone is 3. The van der Waals surface area contributed by atoms with Crippen molar-refractivity contribution in [2.75, 3.05) is 13.2 Å². The van der Waals surface area contributed by atoms with Crippen LogP contribution in [0.3, 0.4) is 0 Å². The van der Waals surface area contributed by atoms with Crippen molar-refractivity contribution in [3.8, 4) is 0 Å². The van der Waals surface area contributed by atoms with Gasteiger partial charge in [-0.1, -0.05) is 74.9 Å². The predicted molar refractivity (Wildman–Crippen MR) is 185 cm³/mol. The first-order chi connectivity index (χ1) is 24.1. The van der Waals surface area contributed by atoms with Gasteiger partial charge in [0.05, 0.1) is 50.3 Å². The standard InChI is InChI=1S/C42H54O9/c1-24(43)17-32(45)50-36(2)20-42(49-22-36)34(46)33(35(47)51-42)27-12-16-41-21-40(27,41)15-13-29-37(3)14-11-26-18-28(25-9-7-6-8-10-25)48-23-38(26,4)30(37)19-31(44)39(29,41)5/h6-11,13,15,24,27-31,33-34,43-44,46H,12,14,16-23H2,1-5H3/t24?,27-,28-,29+,30+,31?,33-,34+,36+,37+,38-,39-,40+,41+,42-/m0/s1. The number of rotatable bonds is 5. The summed E-state index contributed by atoms with van der Waals surface area (Å²) < 4.78 is 24.3. The molecule has 8 aliphatic rings. The second-order valence-electron chi connectivity index (χ2n) is 18.8. The number of hydrogen-bond acceptors (Lipinski definition) is 9. The van der Waals surface area contributed by atoms with E-state index in [1.807, 2.05) is 6.07 Å². The summed E-state index contributed by atoms with van der Waals surface area (Å²) in [5.41, 5.74) is 0.461. The molecule has 3 aliphatic heterocycles. The number of carbonyl (C=O) groups is 2. The summed E-state index contributed by atoms with van der Waals surface area (Å²) in [6.07, 6.45) is 9.68. The summed E-state index contributed by atoms with van der Waals surface area (Å²) >= 11 is 0. The summed E-state index contributed by atoms with van der Waals surface area (Å²) in [7, 11) is 0. The molecule has 2 unspecified atom stereocenters. The van der Waals surface area contributed by atoms with Crippen LogP contribution in [-0.2, 0) is 28.5 Å². The molecule has 0 bridgehead atoms. The average molecular weight is 703 g/mol. The highest BCUT2D eigenvalue weighted by Crippen LogP contribution is 2.89. The van der Waals surface area contributed by atoms with Crippen molar-refractivity contribution < 1.29 is 43.9 Å². The lowest BCUT2D eigenvalue weighted by Gasteiger charge is -2.67. The zero-order valence-electron chi connectivity index (χ0n) is 30.6. The number of esters is 2. The number of carbonyl (C=O) groups excluding carboxylic acids is 2. The Morgan fingerprint density at radius 1 is 1.08 bits per heavy atom. The van der Waals surface area contributed by atoms with Crippen molar-refractivity contribution in [2.24, 2.45) is 50.7 Å². The van der Waals surface area contributed by atoms with Crippen molar-refractivity contribution in [1.29, 1.82) is 0 Å². The Hall–Kier alpha value is -2.56. The molecule has 9 rings (SSSR count). The first-order valence-corrected chi connectivity index (χ1v) is 19.2. The fourth-order valence-corrected chi connectivity index (χ4v) is 13.7. The molecule has 3 saturated heterocycles. The lowest BCUT2D eigenvalue weighted by Crippen LogP contribution is -2.64. The Bertz CT molecular complexity index is 1710. The summed E-state index contributed by atoms with van der Waals surface area (Å²) in [5.74, 6) is -3.15. The van der Waals surface area contributed by atoms with E-state index in [-0.39, 0.29) is 65.0 Å². The van der Waals surface area contributed by atoms with Gasteiger partial charge in [0, 0.05) is 10.8 Å². The smallest absolute Gasteiger partial charge is 0.314 e. The molecule has 51 heavy (non-hydrogen) atoms. The minimum atomic E-state index is -1.59. The Kier molecular flexibility index (Phi) is 7.23. The molecule has 0 radical (unpaired) electrons. The fourth-order valence-electron chi connectivity index (χ4n) is 13.7. The van der Waals surface area contributed by atoms with E-state index in [1.54, 1.807) is 6.92 Å². The van der Waals surface area contributed by atoms with E-state index in [0.717, 1.165) is 32.1 Å². The van der Waals surface area contributed by atoms with Crippen molar-refractivity contribution in [3.05, 3.63) is 59.7 Å². The monoisotopic (exact) mass is 702 g/mol. The van der Waals surface area contributed by atoms with Crippen LogP contribution < -0.4 is 0 Å². The lowest BCUT2D eigenvalue weighted by atomic mass is 9.38. The molecular weight excluding hydrogens is 648 g/mol. The maximum absolute atomic E-state index is 13.8. The highest BCUT2D eigenvalue weighted by Gasteiger charge is 2.86. The van der Waals surface area contributed by atoms with Crippen LogP contribution in [0.25, 0.3) is 0 Å². The van der Waals surface area contributed by atoms with Crippen LogP contribution in [0.4, 0.5) is 0 Å². The van der Waals surface area contributed by atoms with Gasteiger partial charge in [0.1, 0.15) is 11.7 Å². The summed E-state index contributed by atoms with van der Waals surface area (Å²) in [6, 6.07) is 10.5. The SMILES string of the molecule is CC(O)CC(=O)O[C@@]1(C)CO[C@@]2(C1)OC(=O)[C@@H]([C@@H]1CC[C@]34C[C@]13C=C[C@@H]1[C@@]3(C)CC=C5C[C@@H](c6ccccc6)OC[C@]5(C)[C@@H]3CC(O)[C@]14C)[C@H]2O. The number of fused-ring (bicyclic) bond motifs is 5. The number of benzene rings is 1. The molecule has 3 saturated carbocycles. The second kappa shape index (κ2) is 10.8. The molecule has 6 fully saturated rings. The predicted octanol–water partition coefficient (Wildman–Crippen LogP) is 5.57. The van der Waals surface area contributed by atoms with E-state index >= 15 is 0 Å². The molecule has 1 aromatic rings. The van der Waals surface area contributed by atoms with Crippen LogP contribution in [0.5, 0.6) is 0 Å². The van der Waals surface area contributed by atoms with Crippen LogP contribution in [0, 0.1) is 50.7 Å². The van der Waals surface area contributed by atoms with Crippen molar-refractivity contribution in [2.45, 2.75) is 122 Å². The molecule has 1 spiro atoms. The molecular formula is C42H54O9. The van der Waals surface area contributed by atoms with Crippen LogP contribution in [0.2, 0.25) is 0 Å². The van der Waals surface area contributed by atoms with Crippen molar-refractivity contribution in [1.82, 2.24) is 0 Å². The van der Waals surface area contributed by atoms with E-state index in [2.05, 4.69) is 63.3 Å². The van der Waals surface area contributed by atoms with Crippen LogP contribution in [-0.4, -0.2) is 70.2 Å². The average Bonchev–Trinajstić information content (AvgIpc) is 3.38. The van der Waals surface area contributed by atoms with Gasteiger partial charge in [0.15, 0.2) is 0 Å². The molecule has 15 atom stereocenters. The Morgan fingerprint density at radius 3 is 2.59 bits per heavy atom. The Morgan fingerprint density at radius 2 is 1.84 bits per heavy atom. The van der Waals surface area contributed by atoms with Gasteiger partial charge in [-0.3, -0.25) is 9.59 Å². The third-order valence-electron chi connectivity index (χ3n) is 16.1. The van der Waals surface area contributed by atoms with Gasteiger partial charge in [-0.05, 0) is 91.9 Å². The van der Waals surface area contributed by atoms with Gasteiger partial charge in [0.25, 0.3) is 0 Å². The fraction of sp³-hybridized carbons (Fsp3) is 0.714. The molecule has 9 nitrogen and oxygen atoms in total. The quantitative estimate of drug-likeness (QED) is 0.266. The van der Waals surface area contributed by atoms with Crippen LogP contribution in [0.15, 0.2) is 54.1 Å². The molecule has 5 aliphatic carbocycles. The Labute approximate surface area is 300 Å². The number of aliphatic hydroxyl groups is 3. The summed E-state index contributed by atoms with van der Waals surface area (Å²) in [4.78, 5) is 26.2. The van der Waals surface area contributed by atoms with E-state index in [0.29, 0.717) is 13.0 Å². The zero-order valence-corrected chi connectivity index (χ0v) is 30.6. The van der Waals surface area contributed by atoms with E-state index in [4.69, 9.17) is 18.9 Å². The summed E-state index contributed by atoms with van der Waals surface area (Å²) in [5, 5.41) is 34.1. The third-order valence-corrected chi connectivity index (χ3v) is 16.1. The molecule has 0 aromatic heterocycles. The van der Waals surface area contributed by atoms with E-state index < -0.39 is 53.0 Å². The minimum absolute atomic E-state index is 0.0199. The number of ether oxygens (including phenoxy) is 4. The van der Waals surface area contributed by atoms with Gasteiger partial charge >= 0.3 is 11.9 Å². The van der Waals surface area contributed by atoms with E-state index in [9.17, 15) is 24.9 Å². The highest BCUT2D eigenvalue weighted by atomic mass is 16.8.